The van der Waals surface area contributed by atoms with Gasteiger partial charge >= 0.3 is 0 Å². The largest absolute Gasteiger partial charge is 0.335 e. The lowest BCUT2D eigenvalue weighted by atomic mass is 9.87. The summed E-state index contributed by atoms with van der Waals surface area (Å²) in [5.74, 6) is 0.436. The highest BCUT2D eigenvalue weighted by Crippen LogP contribution is 2.33. The molecule has 0 bridgehead atoms. The number of halogens is 1. The number of nitrogens with zero attached hydrogens (tertiary/aromatic N) is 4. The summed E-state index contributed by atoms with van der Waals surface area (Å²) in [5, 5.41) is 10.7. The number of rotatable bonds is 9. The lowest BCUT2D eigenvalue weighted by Gasteiger charge is -2.21. The minimum atomic E-state index is -3.46. The summed E-state index contributed by atoms with van der Waals surface area (Å²) in [6, 6.07) is 8.21. The zero-order chi connectivity index (χ0) is 34.1. The molecule has 1 saturated carbocycles. The molecule has 4 aromatic heterocycles. The number of hydrogen-bond acceptors (Lipinski definition) is 7. The molecule has 13 heteroatoms. The van der Waals surface area contributed by atoms with Crippen LogP contribution in [0.5, 0.6) is 0 Å². The van der Waals surface area contributed by atoms with Crippen molar-refractivity contribution in [2.45, 2.75) is 58.4 Å². The first kappa shape index (κ1) is 32.5. The van der Waals surface area contributed by atoms with Crippen LogP contribution in [-0.2, 0) is 21.4 Å². The standard InChI is InChI=1S/C36H37FN8O3S/c1-21-8-9-24(17-27(12-21)40-32(46)15-22-6-4-3-5-7-22)29-10-11-30-34(41-29)35(45-44-30)36-42-31-20-38-19-28(33(31)43-36)25-13-23(14-26(37)16-25)18-39-49(2,47)48/h9-14,16-17,19-20,22,39H,3-8,15,18H2,1-2H3,(H,40,46)(H,42,43)(H,44,45). The molecule has 252 valence electrons. The summed E-state index contributed by atoms with van der Waals surface area (Å²) >= 11 is 0. The number of benzene rings is 1. The van der Waals surface area contributed by atoms with Crippen LogP contribution in [0.3, 0.4) is 0 Å². The number of carbonyl (C=O) groups excluding carboxylic acids is 1. The second kappa shape index (κ2) is 13.5. The number of aromatic nitrogens is 6. The maximum atomic E-state index is 14.7. The molecule has 7 rings (SSSR count). The van der Waals surface area contributed by atoms with E-state index in [2.05, 4.69) is 36.3 Å². The van der Waals surface area contributed by atoms with Crippen molar-refractivity contribution < 1.29 is 17.6 Å². The van der Waals surface area contributed by atoms with Gasteiger partial charge in [-0.15, -0.1) is 0 Å². The number of hydrogen-bond donors (Lipinski definition) is 4. The molecule has 49 heavy (non-hydrogen) atoms. The Morgan fingerprint density at radius 2 is 1.86 bits per heavy atom. The Balaban J connectivity index is 1.19. The molecule has 2 aliphatic rings. The fraction of sp³-hybridized carbons (Fsp3) is 0.306. The van der Waals surface area contributed by atoms with Gasteiger partial charge in [0.15, 0.2) is 11.5 Å². The number of nitrogens with one attached hydrogen (secondary N) is 4. The topological polar surface area (TPSA) is 158 Å². The maximum absolute atomic E-state index is 14.7. The van der Waals surface area contributed by atoms with Crippen LogP contribution in [0.2, 0.25) is 0 Å². The van der Waals surface area contributed by atoms with Gasteiger partial charge in [0.25, 0.3) is 0 Å². The van der Waals surface area contributed by atoms with E-state index in [4.69, 9.17) is 9.97 Å². The molecule has 1 aromatic carbocycles. The quantitative estimate of drug-likeness (QED) is 0.139. The number of sulfonamides is 1. The monoisotopic (exact) mass is 680 g/mol. The van der Waals surface area contributed by atoms with E-state index in [9.17, 15) is 17.6 Å². The van der Waals surface area contributed by atoms with Crippen molar-refractivity contribution in [2.24, 2.45) is 5.92 Å². The summed E-state index contributed by atoms with van der Waals surface area (Å²) in [6.45, 7) is 1.99. The molecule has 0 radical (unpaired) electrons. The van der Waals surface area contributed by atoms with Crippen molar-refractivity contribution >= 4 is 43.6 Å². The van der Waals surface area contributed by atoms with Crippen LogP contribution in [0.25, 0.3) is 50.3 Å². The summed E-state index contributed by atoms with van der Waals surface area (Å²) in [4.78, 5) is 30.5. The van der Waals surface area contributed by atoms with Gasteiger partial charge in [-0.25, -0.2) is 27.5 Å². The van der Waals surface area contributed by atoms with Crippen molar-refractivity contribution in [1.82, 2.24) is 40.2 Å². The predicted molar refractivity (Wildman–Crippen MR) is 188 cm³/mol. The van der Waals surface area contributed by atoms with Crippen molar-refractivity contribution in [1.29, 1.82) is 0 Å². The summed E-state index contributed by atoms with van der Waals surface area (Å²) in [5.41, 5.74) is 8.04. The Bertz CT molecular complexity index is 2280. The number of pyridine rings is 2. The van der Waals surface area contributed by atoms with Crippen LogP contribution in [-0.4, -0.2) is 50.7 Å². The molecule has 4 N–H and O–H groups in total. The van der Waals surface area contributed by atoms with E-state index in [0.717, 1.165) is 53.6 Å². The Morgan fingerprint density at radius 1 is 1.02 bits per heavy atom. The Labute approximate surface area is 283 Å². The van der Waals surface area contributed by atoms with Crippen LogP contribution < -0.4 is 10.0 Å². The van der Waals surface area contributed by atoms with E-state index >= 15 is 0 Å². The molecule has 0 saturated heterocycles. The molecule has 4 heterocycles. The Morgan fingerprint density at radius 3 is 2.67 bits per heavy atom. The molecule has 5 aromatic rings. The smallest absolute Gasteiger partial charge is 0.224 e. The van der Waals surface area contributed by atoms with Crippen LogP contribution in [0.4, 0.5) is 4.39 Å². The zero-order valence-electron chi connectivity index (χ0n) is 27.3. The van der Waals surface area contributed by atoms with Crippen molar-refractivity contribution in [3.05, 3.63) is 89.3 Å². The van der Waals surface area contributed by atoms with E-state index in [-0.39, 0.29) is 12.5 Å². The van der Waals surface area contributed by atoms with E-state index in [1.807, 2.05) is 31.2 Å². The highest BCUT2D eigenvalue weighted by atomic mass is 32.2. The molecule has 0 aliphatic heterocycles. The summed E-state index contributed by atoms with van der Waals surface area (Å²) < 4.78 is 40.3. The molecule has 1 fully saturated rings. The number of fused-ring (bicyclic) bond motifs is 2. The first-order valence-corrected chi connectivity index (χ1v) is 18.3. The molecular weight excluding hydrogens is 644 g/mol. The SMILES string of the molecule is CC1=CC(NC(=O)CC2CCCCC2)=CC(c2ccc3[nH]nc(-c4nc5c(-c6cc(F)cc(CNS(C)(=O)=O)c6)cncc5[nH]4)c3n2)=CC1. The molecule has 0 atom stereocenters. The van der Waals surface area contributed by atoms with Crippen LogP contribution in [0.1, 0.15) is 63.1 Å². The van der Waals surface area contributed by atoms with E-state index in [1.165, 1.54) is 31.4 Å². The number of H-pyrrole nitrogens is 2. The minimum absolute atomic E-state index is 0.0442. The van der Waals surface area contributed by atoms with Gasteiger partial charge in [0.2, 0.25) is 15.9 Å². The van der Waals surface area contributed by atoms with Crippen LogP contribution in [0.15, 0.2) is 72.2 Å². The van der Waals surface area contributed by atoms with Crippen molar-refractivity contribution in [2.75, 3.05) is 6.26 Å². The van der Waals surface area contributed by atoms with Gasteiger partial charge in [-0.2, -0.15) is 5.10 Å². The maximum Gasteiger partial charge on any atom is 0.224 e. The number of imidazole rings is 1. The van der Waals surface area contributed by atoms with Gasteiger partial charge in [-0.3, -0.25) is 14.9 Å². The third kappa shape index (κ3) is 7.52. The van der Waals surface area contributed by atoms with Gasteiger partial charge in [0.05, 0.1) is 34.7 Å². The molecule has 0 unspecified atom stereocenters. The number of amides is 1. The third-order valence-corrected chi connectivity index (χ3v) is 9.64. The lowest BCUT2D eigenvalue weighted by molar-refractivity contribution is -0.121. The number of aromatic amines is 2. The second-order valence-corrected chi connectivity index (χ2v) is 14.8. The zero-order valence-corrected chi connectivity index (χ0v) is 28.1. The highest BCUT2D eigenvalue weighted by Gasteiger charge is 2.20. The fourth-order valence-corrected chi connectivity index (χ4v) is 7.01. The van der Waals surface area contributed by atoms with Gasteiger partial charge in [-0.1, -0.05) is 30.9 Å². The van der Waals surface area contributed by atoms with Crippen molar-refractivity contribution in [3.63, 3.8) is 0 Å². The lowest BCUT2D eigenvalue weighted by Crippen LogP contribution is -2.25. The minimum Gasteiger partial charge on any atom is -0.335 e. The summed E-state index contributed by atoms with van der Waals surface area (Å²) in [6.07, 6.45) is 17.5. The molecule has 2 aliphatic carbocycles. The van der Waals surface area contributed by atoms with E-state index in [1.54, 1.807) is 18.5 Å². The average Bonchev–Trinajstić information content (AvgIpc) is 3.64. The molecular formula is C36H37FN8O3S. The number of carbonyl (C=O) groups is 1. The number of allylic oxidation sites excluding steroid dienone is 5. The molecule has 1 amide bonds. The first-order valence-electron chi connectivity index (χ1n) is 16.4. The first-order chi connectivity index (χ1) is 23.6. The fourth-order valence-electron chi connectivity index (χ4n) is 6.58. The molecule has 11 nitrogen and oxygen atoms in total. The van der Waals surface area contributed by atoms with Crippen LogP contribution >= 0.6 is 0 Å². The van der Waals surface area contributed by atoms with Crippen LogP contribution in [0, 0.1) is 11.7 Å². The van der Waals surface area contributed by atoms with Crippen molar-refractivity contribution in [3.8, 4) is 22.6 Å². The third-order valence-electron chi connectivity index (χ3n) is 8.97. The molecule has 0 spiro atoms. The second-order valence-electron chi connectivity index (χ2n) is 13.0. The van der Waals surface area contributed by atoms with Gasteiger partial charge in [-0.05, 0) is 91.3 Å². The Kier molecular flexibility index (Phi) is 8.95. The Hall–Kier alpha value is -5.01. The normalized spacial score (nSPS) is 15.9. The van der Waals surface area contributed by atoms with Gasteiger partial charge in [0.1, 0.15) is 11.3 Å². The van der Waals surface area contributed by atoms with E-state index in [0.29, 0.717) is 57.1 Å². The van der Waals surface area contributed by atoms with Gasteiger partial charge < -0.3 is 10.3 Å². The van der Waals surface area contributed by atoms with Gasteiger partial charge in [0, 0.05) is 30.4 Å². The average molecular weight is 681 g/mol. The highest BCUT2D eigenvalue weighted by molar-refractivity contribution is 7.88. The summed E-state index contributed by atoms with van der Waals surface area (Å²) in [7, 11) is -3.46. The van der Waals surface area contributed by atoms with E-state index < -0.39 is 15.8 Å². The predicted octanol–water partition coefficient (Wildman–Crippen LogP) is 6.46.